The fraction of sp³-hybridized carbons (Fsp3) is 0.375. The summed E-state index contributed by atoms with van der Waals surface area (Å²) in [6, 6.07) is 6.99. The summed E-state index contributed by atoms with van der Waals surface area (Å²) >= 11 is 5.94. The molecule has 3 aromatic rings. The molecule has 196 valence electrons. The zero-order valence-electron chi connectivity index (χ0n) is 19.3. The molecule has 1 amide bonds. The van der Waals surface area contributed by atoms with E-state index in [0.717, 1.165) is 17.0 Å². The van der Waals surface area contributed by atoms with Gasteiger partial charge in [0.05, 0.1) is 34.5 Å². The Labute approximate surface area is 215 Å². The van der Waals surface area contributed by atoms with Crippen LogP contribution in [0.1, 0.15) is 43.1 Å². The summed E-state index contributed by atoms with van der Waals surface area (Å²) in [7, 11) is -4.16. The molecule has 1 aliphatic heterocycles. The zero-order chi connectivity index (χ0) is 26.5. The Bertz CT molecular complexity index is 1460. The number of nitrogens with zero attached hydrogens (tertiary/aromatic N) is 3. The van der Waals surface area contributed by atoms with Gasteiger partial charge in [-0.15, -0.1) is 10.2 Å². The number of carbonyl (C=O) groups is 1. The van der Waals surface area contributed by atoms with E-state index in [-0.39, 0.29) is 36.5 Å². The summed E-state index contributed by atoms with van der Waals surface area (Å²) in [6.07, 6.45) is 0.756. The van der Waals surface area contributed by atoms with Crippen LogP contribution in [0, 0.1) is 5.82 Å². The molecule has 2 aliphatic rings. The van der Waals surface area contributed by atoms with Crippen LogP contribution >= 0.6 is 11.6 Å². The van der Waals surface area contributed by atoms with Crippen LogP contribution in [0.3, 0.4) is 0 Å². The van der Waals surface area contributed by atoms with Crippen LogP contribution in [0.4, 0.5) is 18.9 Å². The lowest BCUT2D eigenvalue weighted by Gasteiger charge is -2.28. The molecule has 8 nitrogen and oxygen atoms in total. The predicted molar refractivity (Wildman–Crippen MR) is 129 cm³/mol. The van der Waals surface area contributed by atoms with Crippen LogP contribution in [0.25, 0.3) is 11.5 Å². The largest absolute Gasteiger partial charge is 0.420 e. The van der Waals surface area contributed by atoms with Gasteiger partial charge in [-0.05, 0) is 42.7 Å². The number of halogens is 4. The Morgan fingerprint density at radius 3 is 2.59 bits per heavy atom. The first-order valence-electron chi connectivity index (χ1n) is 11.6. The SMILES string of the molecule is N[C@H]1CS(=O)(=O)c2cc(F)c(-c3nnc(C4CCCCC4(F)F)o3)cc2N(Cc2ccc(Cl)cc2)C1=O. The van der Waals surface area contributed by atoms with E-state index in [4.69, 9.17) is 21.8 Å². The van der Waals surface area contributed by atoms with E-state index in [2.05, 4.69) is 10.2 Å². The highest BCUT2D eigenvalue weighted by Gasteiger charge is 2.45. The number of benzene rings is 2. The quantitative estimate of drug-likeness (QED) is 0.505. The average molecular weight is 555 g/mol. The minimum Gasteiger partial charge on any atom is -0.420 e. The topological polar surface area (TPSA) is 119 Å². The van der Waals surface area contributed by atoms with Crippen LogP contribution in [-0.2, 0) is 21.2 Å². The second-order valence-corrected chi connectivity index (χ2v) is 11.7. The maximum absolute atomic E-state index is 15.2. The molecule has 13 heteroatoms. The smallest absolute Gasteiger partial charge is 0.259 e. The number of carbonyl (C=O) groups excluding carboxylic acids is 1. The van der Waals surface area contributed by atoms with Crippen molar-refractivity contribution in [3.05, 3.63) is 58.7 Å². The van der Waals surface area contributed by atoms with Gasteiger partial charge in [-0.2, -0.15) is 0 Å². The molecule has 1 saturated carbocycles. The Balaban J connectivity index is 1.61. The van der Waals surface area contributed by atoms with E-state index in [1.54, 1.807) is 24.3 Å². The number of fused-ring (bicyclic) bond motifs is 1. The minimum absolute atomic E-state index is 0.0827. The number of amides is 1. The molecule has 5 rings (SSSR count). The molecule has 37 heavy (non-hydrogen) atoms. The third-order valence-corrected chi connectivity index (χ3v) is 8.69. The van der Waals surface area contributed by atoms with Gasteiger partial charge in [0.25, 0.3) is 11.8 Å². The summed E-state index contributed by atoms with van der Waals surface area (Å²) in [5.74, 6) is -7.49. The zero-order valence-corrected chi connectivity index (χ0v) is 20.9. The molecule has 1 unspecified atom stereocenters. The van der Waals surface area contributed by atoms with Gasteiger partial charge in [-0.25, -0.2) is 21.6 Å². The lowest BCUT2D eigenvalue weighted by molar-refractivity contribution is -0.119. The van der Waals surface area contributed by atoms with Gasteiger partial charge in [0.2, 0.25) is 11.8 Å². The molecule has 0 spiro atoms. The van der Waals surface area contributed by atoms with Gasteiger partial charge in [0.1, 0.15) is 11.7 Å². The third kappa shape index (κ3) is 4.85. The van der Waals surface area contributed by atoms with Crippen LogP contribution in [-0.4, -0.2) is 42.2 Å². The summed E-state index contributed by atoms with van der Waals surface area (Å²) in [5, 5.41) is 7.97. The van der Waals surface area contributed by atoms with Crippen molar-refractivity contribution in [3.8, 4) is 11.5 Å². The van der Waals surface area contributed by atoms with E-state index in [1.807, 2.05) is 0 Å². The fourth-order valence-electron chi connectivity index (χ4n) is 4.70. The highest BCUT2D eigenvalue weighted by atomic mass is 35.5. The maximum atomic E-state index is 15.2. The first-order valence-corrected chi connectivity index (χ1v) is 13.6. The molecule has 1 aromatic heterocycles. The first kappa shape index (κ1) is 25.7. The summed E-state index contributed by atoms with van der Waals surface area (Å²) in [5.41, 5.74) is 6.06. The van der Waals surface area contributed by atoms with Crippen LogP contribution < -0.4 is 10.6 Å². The Hall–Kier alpha value is -2.96. The van der Waals surface area contributed by atoms with Crippen LogP contribution in [0.5, 0.6) is 0 Å². The van der Waals surface area contributed by atoms with E-state index in [1.165, 1.54) is 0 Å². The summed E-state index contributed by atoms with van der Waals surface area (Å²) in [4.78, 5) is 13.9. The molecule has 0 bridgehead atoms. The van der Waals surface area contributed by atoms with Gasteiger partial charge in [-0.3, -0.25) is 4.79 Å². The lowest BCUT2D eigenvalue weighted by Crippen LogP contribution is -2.45. The lowest BCUT2D eigenvalue weighted by atomic mass is 9.85. The standard InChI is InChI=1S/C24H22ClF3N4O4S/c25-14-6-4-13(5-7-14)11-32-19-9-15(17(26)10-20(19)37(34,35)12-18(29)23(32)33)21-30-31-22(36-21)16-3-1-2-8-24(16,27)28/h4-7,9-10,16,18H,1-3,8,11-12,29H2/t16?,18-/m0/s1. The van der Waals surface area contributed by atoms with Crippen molar-refractivity contribution in [2.75, 3.05) is 10.7 Å². The van der Waals surface area contributed by atoms with Crippen molar-refractivity contribution >= 4 is 33.0 Å². The van der Waals surface area contributed by atoms with Crippen molar-refractivity contribution in [2.45, 2.75) is 55.0 Å². The second kappa shape index (κ2) is 9.41. The molecule has 0 radical (unpaired) electrons. The van der Waals surface area contributed by atoms with Crippen molar-refractivity contribution < 1.29 is 30.8 Å². The normalized spacial score (nSPS) is 22.9. The Morgan fingerprint density at radius 2 is 1.89 bits per heavy atom. The first-order chi connectivity index (χ1) is 17.5. The maximum Gasteiger partial charge on any atom is 0.259 e. The number of nitrogens with two attached hydrogens (primary N) is 1. The van der Waals surface area contributed by atoms with Gasteiger partial charge in [0, 0.05) is 11.4 Å². The highest BCUT2D eigenvalue weighted by molar-refractivity contribution is 7.91. The van der Waals surface area contributed by atoms with Crippen molar-refractivity contribution in [1.29, 1.82) is 0 Å². The molecular formula is C24H22ClF3N4O4S. The number of sulfone groups is 1. The van der Waals surface area contributed by atoms with Crippen LogP contribution in [0.15, 0.2) is 45.7 Å². The molecule has 1 fully saturated rings. The Kier molecular flexibility index (Phi) is 6.53. The molecular weight excluding hydrogens is 533 g/mol. The number of aromatic nitrogens is 2. The second-order valence-electron chi connectivity index (χ2n) is 9.24. The number of alkyl halides is 2. The van der Waals surface area contributed by atoms with Gasteiger partial charge in [0.15, 0.2) is 9.84 Å². The minimum atomic E-state index is -4.16. The van der Waals surface area contributed by atoms with Gasteiger partial charge < -0.3 is 15.1 Å². The van der Waals surface area contributed by atoms with E-state index in [9.17, 15) is 22.0 Å². The predicted octanol–water partition coefficient (Wildman–Crippen LogP) is 4.47. The number of hydrogen-bond acceptors (Lipinski definition) is 7. The van der Waals surface area contributed by atoms with Crippen molar-refractivity contribution in [3.63, 3.8) is 0 Å². The summed E-state index contributed by atoms with van der Waals surface area (Å²) in [6.45, 7) is -0.0827. The average Bonchev–Trinajstić information content (AvgIpc) is 3.30. The summed E-state index contributed by atoms with van der Waals surface area (Å²) < 4.78 is 75.6. The third-order valence-electron chi connectivity index (χ3n) is 6.64. The van der Waals surface area contributed by atoms with Crippen molar-refractivity contribution in [1.82, 2.24) is 10.2 Å². The van der Waals surface area contributed by atoms with Gasteiger partial charge in [-0.1, -0.05) is 30.2 Å². The number of hydrogen-bond donors (Lipinski definition) is 1. The van der Waals surface area contributed by atoms with Gasteiger partial charge >= 0.3 is 0 Å². The Morgan fingerprint density at radius 1 is 1.16 bits per heavy atom. The molecule has 2 N–H and O–H groups in total. The van der Waals surface area contributed by atoms with E-state index < -0.39 is 56.0 Å². The highest BCUT2D eigenvalue weighted by Crippen LogP contribution is 2.45. The van der Waals surface area contributed by atoms with E-state index >= 15 is 4.39 Å². The van der Waals surface area contributed by atoms with Crippen molar-refractivity contribution in [2.24, 2.45) is 5.73 Å². The fourth-order valence-corrected chi connectivity index (χ4v) is 6.39. The monoisotopic (exact) mass is 554 g/mol. The molecule has 1 aliphatic carbocycles. The van der Waals surface area contributed by atoms with Crippen LogP contribution in [0.2, 0.25) is 5.02 Å². The molecule has 2 heterocycles. The molecule has 2 aromatic carbocycles. The molecule has 0 saturated heterocycles. The molecule has 2 atom stereocenters. The number of anilines is 1. The van der Waals surface area contributed by atoms with E-state index in [0.29, 0.717) is 23.4 Å². The number of rotatable bonds is 4.